The first-order chi connectivity index (χ1) is 8.03. The van der Waals surface area contributed by atoms with E-state index in [0.717, 1.165) is 0 Å². The van der Waals surface area contributed by atoms with Crippen molar-refractivity contribution in [1.29, 1.82) is 0 Å². The van der Waals surface area contributed by atoms with E-state index in [4.69, 9.17) is 14.8 Å². The van der Waals surface area contributed by atoms with Crippen LogP contribution in [0.1, 0.15) is 23.9 Å². The molecule has 0 radical (unpaired) electrons. The van der Waals surface area contributed by atoms with Crippen LogP contribution in [-0.4, -0.2) is 34.4 Å². The highest BCUT2D eigenvalue weighted by Gasteiger charge is 2.37. The molecule has 1 heterocycles. The Balaban J connectivity index is 2.80. The van der Waals surface area contributed by atoms with Crippen molar-refractivity contribution >= 4 is 11.9 Å². The van der Waals surface area contributed by atoms with Crippen LogP contribution in [0.4, 0.5) is 0 Å². The van der Waals surface area contributed by atoms with Gasteiger partial charge in [-0.3, -0.25) is 9.68 Å². The molecule has 0 bridgehead atoms. The summed E-state index contributed by atoms with van der Waals surface area (Å²) in [5, 5.41) is 19.5. The van der Waals surface area contributed by atoms with E-state index in [0.29, 0.717) is 0 Å². The quantitative estimate of drug-likeness (QED) is 0.502. The first kappa shape index (κ1) is 13.2. The van der Waals surface area contributed by atoms with E-state index in [1.54, 1.807) is 0 Å². The third-order valence-electron chi connectivity index (χ3n) is 2.28. The molecule has 0 aliphatic carbocycles. The second kappa shape index (κ2) is 5.46. The van der Waals surface area contributed by atoms with Crippen molar-refractivity contribution in [2.45, 2.75) is 18.9 Å². The third kappa shape index (κ3) is 3.05. The number of hydrogen-bond donors (Lipinski definition) is 3. The number of furan rings is 1. The van der Waals surface area contributed by atoms with Gasteiger partial charge in [0.25, 0.3) is 5.91 Å². The average Bonchev–Trinajstić information content (AvgIpc) is 2.81. The number of hydrogen-bond acceptors (Lipinski definition) is 6. The van der Waals surface area contributed by atoms with Gasteiger partial charge in [0, 0.05) is 13.0 Å². The maximum absolute atomic E-state index is 11.6. The van der Waals surface area contributed by atoms with Crippen molar-refractivity contribution in [3.8, 4) is 0 Å². The highest BCUT2D eigenvalue weighted by molar-refractivity contribution is 5.95. The number of rotatable bonds is 5. The minimum Gasteiger partial charge on any atom is -0.459 e. The second-order valence-corrected chi connectivity index (χ2v) is 3.62. The third-order valence-corrected chi connectivity index (χ3v) is 2.28. The van der Waals surface area contributed by atoms with Crippen LogP contribution in [0.2, 0.25) is 0 Å². The van der Waals surface area contributed by atoms with E-state index in [9.17, 15) is 9.59 Å². The predicted octanol–water partition coefficient (Wildman–Crippen LogP) is 0.167. The number of amides is 1. The maximum atomic E-state index is 11.6. The Morgan fingerprint density at radius 1 is 1.59 bits per heavy atom. The highest BCUT2D eigenvalue weighted by atomic mass is 17.1. The van der Waals surface area contributed by atoms with Crippen molar-refractivity contribution in [2.24, 2.45) is 0 Å². The molecular weight excluding hydrogens is 230 g/mol. The Morgan fingerprint density at radius 2 is 2.29 bits per heavy atom. The van der Waals surface area contributed by atoms with Gasteiger partial charge in [-0.15, -0.1) is 0 Å². The molecule has 1 amide bonds. The summed E-state index contributed by atoms with van der Waals surface area (Å²) in [4.78, 5) is 26.5. The van der Waals surface area contributed by atoms with Gasteiger partial charge in [0.2, 0.25) is 0 Å². The Kier molecular flexibility index (Phi) is 4.24. The summed E-state index contributed by atoms with van der Waals surface area (Å²) in [6.07, 6.45) is 1.21. The van der Waals surface area contributed by atoms with E-state index in [2.05, 4.69) is 10.2 Å². The normalized spacial score (nSPS) is 13.8. The molecule has 7 heteroatoms. The molecule has 0 aliphatic heterocycles. The van der Waals surface area contributed by atoms with Crippen molar-refractivity contribution < 1.29 is 29.3 Å². The summed E-state index contributed by atoms with van der Waals surface area (Å²) in [5.74, 6) is -1.69. The van der Waals surface area contributed by atoms with E-state index in [1.165, 1.54) is 25.3 Å². The Bertz CT molecular complexity index is 388. The Morgan fingerprint density at radius 3 is 2.76 bits per heavy atom. The SMILES string of the molecule is C[C@@](CCO)(NC(=O)c1ccco1)C(=O)OO. The van der Waals surface area contributed by atoms with E-state index in [1.807, 2.05) is 0 Å². The number of carbonyl (C=O) groups is 2. The molecule has 0 saturated carbocycles. The molecule has 0 aromatic carbocycles. The monoisotopic (exact) mass is 243 g/mol. The summed E-state index contributed by atoms with van der Waals surface area (Å²) in [7, 11) is 0. The lowest BCUT2D eigenvalue weighted by Gasteiger charge is -2.25. The summed E-state index contributed by atoms with van der Waals surface area (Å²) in [5.41, 5.74) is -1.52. The molecule has 94 valence electrons. The number of nitrogens with one attached hydrogen (secondary N) is 1. The van der Waals surface area contributed by atoms with Crippen LogP contribution in [0.15, 0.2) is 22.8 Å². The standard InChI is InChI=1S/C10H13NO6/c1-10(4-5-12,9(14)17-15)11-8(13)7-3-2-6-16-7/h2-3,6,12,15H,4-5H2,1H3,(H,11,13)/t10-/m0/s1. The van der Waals surface area contributed by atoms with Crippen LogP contribution in [0.25, 0.3) is 0 Å². The molecule has 7 nitrogen and oxygen atoms in total. The molecule has 0 saturated heterocycles. The largest absolute Gasteiger partial charge is 0.459 e. The zero-order valence-electron chi connectivity index (χ0n) is 9.17. The van der Waals surface area contributed by atoms with Crippen molar-refractivity contribution in [1.82, 2.24) is 5.32 Å². The zero-order chi connectivity index (χ0) is 12.9. The van der Waals surface area contributed by atoms with Gasteiger partial charge >= 0.3 is 5.97 Å². The molecule has 1 rings (SSSR count). The van der Waals surface area contributed by atoms with Crippen LogP contribution >= 0.6 is 0 Å². The van der Waals surface area contributed by atoms with Gasteiger partial charge in [-0.25, -0.2) is 4.79 Å². The first-order valence-corrected chi connectivity index (χ1v) is 4.86. The molecule has 3 N–H and O–H groups in total. The van der Waals surface area contributed by atoms with Crippen molar-refractivity contribution in [2.75, 3.05) is 6.61 Å². The molecular formula is C10H13NO6. The fourth-order valence-electron chi connectivity index (χ4n) is 1.26. The summed E-state index contributed by atoms with van der Waals surface area (Å²) >= 11 is 0. The van der Waals surface area contributed by atoms with Gasteiger partial charge in [0.05, 0.1) is 6.26 Å². The molecule has 0 spiro atoms. The lowest BCUT2D eigenvalue weighted by Crippen LogP contribution is -2.53. The van der Waals surface area contributed by atoms with Gasteiger partial charge in [-0.2, -0.15) is 5.26 Å². The minimum atomic E-state index is -1.52. The number of aliphatic hydroxyl groups is 1. The Labute approximate surface area is 96.9 Å². The van der Waals surface area contributed by atoms with Gasteiger partial charge in [0.15, 0.2) is 5.76 Å². The van der Waals surface area contributed by atoms with E-state index in [-0.39, 0.29) is 18.8 Å². The smallest absolute Gasteiger partial charge is 0.367 e. The lowest BCUT2D eigenvalue weighted by atomic mass is 9.98. The van der Waals surface area contributed by atoms with Gasteiger partial charge in [0.1, 0.15) is 5.54 Å². The van der Waals surface area contributed by atoms with Crippen LogP contribution in [-0.2, 0) is 9.68 Å². The lowest BCUT2D eigenvalue weighted by molar-refractivity contribution is -0.241. The van der Waals surface area contributed by atoms with Crippen molar-refractivity contribution in [3.63, 3.8) is 0 Å². The summed E-state index contributed by atoms with van der Waals surface area (Å²) < 4.78 is 4.84. The van der Waals surface area contributed by atoms with Crippen LogP contribution < -0.4 is 5.32 Å². The molecule has 1 aromatic heterocycles. The van der Waals surface area contributed by atoms with E-state index < -0.39 is 17.4 Å². The molecule has 0 unspecified atom stereocenters. The highest BCUT2D eigenvalue weighted by Crippen LogP contribution is 2.13. The van der Waals surface area contributed by atoms with Crippen LogP contribution in [0.5, 0.6) is 0 Å². The molecule has 0 fully saturated rings. The maximum Gasteiger partial charge on any atom is 0.367 e. The van der Waals surface area contributed by atoms with Crippen LogP contribution in [0.3, 0.4) is 0 Å². The van der Waals surface area contributed by atoms with E-state index >= 15 is 0 Å². The average molecular weight is 243 g/mol. The topological polar surface area (TPSA) is 109 Å². The minimum absolute atomic E-state index is 0.0138. The number of carbonyl (C=O) groups excluding carboxylic acids is 2. The predicted molar refractivity (Wildman–Crippen MR) is 55.0 cm³/mol. The van der Waals surface area contributed by atoms with Gasteiger partial charge in [-0.05, 0) is 19.1 Å². The zero-order valence-corrected chi connectivity index (χ0v) is 9.17. The second-order valence-electron chi connectivity index (χ2n) is 3.62. The Hall–Kier alpha value is -1.86. The molecule has 17 heavy (non-hydrogen) atoms. The van der Waals surface area contributed by atoms with Crippen molar-refractivity contribution in [3.05, 3.63) is 24.2 Å². The van der Waals surface area contributed by atoms with Crippen LogP contribution in [0, 0.1) is 0 Å². The summed E-state index contributed by atoms with van der Waals surface area (Å²) in [6.45, 7) is 0.965. The fourth-order valence-corrected chi connectivity index (χ4v) is 1.26. The summed E-state index contributed by atoms with van der Waals surface area (Å²) in [6, 6.07) is 2.93. The molecule has 1 atom stereocenters. The fraction of sp³-hybridized carbons (Fsp3) is 0.400. The first-order valence-electron chi connectivity index (χ1n) is 4.86. The van der Waals surface area contributed by atoms with Gasteiger partial charge in [-0.1, -0.05) is 0 Å². The molecule has 1 aromatic rings. The van der Waals surface area contributed by atoms with Gasteiger partial charge < -0.3 is 14.8 Å². The number of aliphatic hydroxyl groups excluding tert-OH is 1. The molecule has 0 aliphatic rings.